The molecule has 0 saturated carbocycles. The number of Topliss-reactive ketones (excluding diaryl/α,β-unsaturated/α-hetero) is 1. The number of hydrogen-bond acceptors (Lipinski definition) is 4. The number of anilines is 2. The molecule has 0 bridgehead atoms. The summed E-state index contributed by atoms with van der Waals surface area (Å²) >= 11 is 0. The lowest BCUT2D eigenvalue weighted by molar-refractivity contribution is -0.116. The van der Waals surface area contributed by atoms with Gasteiger partial charge in [-0.3, -0.25) is 14.3 Å². The monoisotopic (exact) mass is 358 g/mol. The zero-order valence-electron chi connectivity index (χ0n) is 13.9. The summed E-state index contributed by atoms with van der Waals surface area (Å²) in [6.45, 7) is 3.52. The highest BCUT2D eigenvalue weighted by Gasteiger charge is 2.23. The minimum Gasteiger partial charge on any atom is -0.312 e. The van der Waals surface area contributed by atoms with Gasteiger partial charge in [-0.15, -0.1) is 0 Å². The fourth-order valence-corrected chi connectivity index (χ4v) is 3.90. The van der Waals surface area contributed by atoms with Crippen molar-refractivity contribution >= 4 is 33.1 Å². The van der Waals surface area contributed by atoms with Gasteiger partial charge in [0, 0.05) is 24.7 Å². The van der Waals surface area contributed by atoms with Gasteiger partial charge in [-0.05, 0) is 43.2 Å². The number of sulfonamides is 1. The minimum atomic E-state index is -3.78. The van der Waals surface area contributed by atoms with Gasteiger partial charge in [-0.25, -0.2) is 8.42 Å². The van der Waals surface area contributed by atoms with E-state index in [9.17, 15) is 18.0 Å². The molecule has 1 N–H and O–H groups in total. The normalized spacial score (nSPS) is 13.4. The van der Waals surface area contributed by atoms with Gasteiger partial charge in [-0.2, -0.15) is 0 Å². The van der Waals surface area contributed by atoms with E-state index < -0.39 is 10.0 Å². The molecule has 0 aromatic heterocycles. The lowest BCUT2D eigenvalue weighted by Crippen LogP contribution is -2.25. The summed E-state index contributed by atoms with van der Waals surface area (Å²) in [4.78, 5) is 24.7. The molecule has 7 heteroatoms. The summed E-state index contributed by atoms with van der Waals surface area (Å²) in [6, 6.07) is 10.9. The first-order valence-corrected chi connectivity index (χ1v) is 9.31. The standard InChI is InChI=1S/C18H18N2O4S/c1-12(21)14-4-7-17(8-5-14)25(23,24)19-16-6-3-15-9-10-20(13(2)22)18(15)11-16/h3-8,11,19H,9-10H2,1-2H3. The van der Waals surface area contributed by atoms with E-state index in [1.54, 1.807) is 17.0 Å². The molecule has 0 saturated heterocycles. The lowest BCUT2D eigenvalue weighted by Gasteiger charge is -2.16. The topological polar surface area (TPSA) is 83.6 Å². The third-order valence-corrected chi connectivity index (χ3v) is 5.58. The number of ketones is 1. The van der Waals surface area contributed by atoms with Crippen LogP contribution < -0.4 is 9.62 Å². The molecule has 6 nitrogen and oxygen atoms in total. The fraction of sp³-hybridized carbons (Fsp3) is 0.222. The van der Waals surface area contributed by atoms with E-state index in [0.29, 0.717) is 17.8 Å². The van der Waals surface area contributed by atoms with E-state index in [1.807, 2.05) is 6.07 Å². The number of fused-ring (bicyclic) bond motifs is 1. The summed E-state index contributed by atoms with van der Waals surface area (Å²) in [5.41, 5.74) is 2.60. The van der Waals surface area contributed by atoms with Crippen molar-refractivity contribution in [3.05, 3.63) is 53.6 Å². The molecule has 2 aromatic carbocycles. The summed E-state index contributed by atoms with van der Waals surface area (Å²) in [5, 5.41) is 0. The summed E-state index contributed by atoms with van der Waals surface area (Å²) in [6.07, 6.45) is 0.758. The Morgan fingerprint density at radius 3 is 2.32 bits per heavy atom. The SMILES string of the molecule is CC(=O)c1ccc(S(=O)(=O)Nc2ccc3c(c2)N(C(C)=O)CC3)cc1. The van der Waals surface area contributed by atoms with Crippen LogP contribution in [0.25, 0.3) is 0 Å². The number of carbonyl (C=O) groups excluding carboxylic acids is 2. The molecule has 2 aromatic rings. The largest absolute Gasteiger partial charge is 0.312 e. The maximum Gasteiger partial charge on any atom is 0.261 e. The van der Waals surface area contributed by atoms with E-state index in [1.165, 1.54) is 38.1 Å². The molecule has 1 aliphatic rings. The second-order valence-corrected chi connectivity index (χ2v) is 7.63. The molecule has 1 amide bonds. The molecule has 0 fully saturated rings. The number of hydrogen-bond donors (Lipinski definition) is 1. The Morgan fingerprint density at radius 1 is 1.04 bits per heavy atom. The van der Waals surface area contributed by atoms with Crippen molar-refractivity contribution in [2.75, 3.05) is 16.2 Å². The summed E-state index contributed by atoms with van der Waals surface area (Å²) in [5.74, 6) is -0.196. The van der Waals surface area contributed by atoms with E-state index >= 15 is 0 Å². The van der Waals surface area contributed by atoms with Crippen LogP contribution in [0.3, 0.4) is 0 Å². The molecule has 130 valence electrons. The van der Waals surface area contributed by atoms with Crippen LogP contribution in [0.5, 0.6) is 0 Å². The average Bonchev–Trinajstić information content (AvgIpc) is 2.98. The Morgan fingerprint density at radius 2 is 1.72 bits per heavy atom. The smallest absolute Gasteiger partial charge is 0.261 e. The van der Waals surface area contributed by atoms with Gasteiger partial charge in [0.25, 0.3) is 10.0 Å². The van der Waals surface area contributed by atoms with Crippen LogP contribution >= 0.6 is 0 Å². The van der Waals surface area contributed by atoms with Crippen molar-refractivity contribution in [3.63, 3.8) is 0 Å². The van der Waals surface area contributed by atoms with Gasteiger partial charge in [0.15, 0.2) is 5.78 Å². The number of nitrogens with zero attached hydrogens (tertiary/aromatic N) is 1. The minimum absolute atomic E-state index is 0.0708. The number of carbonyl (C=O) groups is 2. The first-order chi connectivity index (χ1) is 11.8. The molecular weight excluding hydrogens is 340 g/mol. The van der Waals surface area contributed by atoms with Gasteiger partial charge in [-0.1, -0.05) is 18.2 Å². The van der Waals surface area contributed by atoms with E-state index in [4.69, 9.17) is 0 Å². The van der Waals surface area contributed by atoms with Gasteiger partial charge in [0.05, 0.1) is 10.6 Å². The Kier molecular flexibility index (Phi) is 4.34. The summed E-state index contributed by atoms with van der Waals surface area (Å²) < 4.78 is 27.6. The quantitative estimate of drug-likeness (QED) is 0.852. The van der Waals surface area contributed by atoms with Gasteiger partial charge < -0.3 is 4.90 Å². The molecule has 3 rings (SSSR count). The molecule has 0 radical (unpaired) electrons. The highest BCUT2D eigenvalue weighted by molar-refractivity contribution is 7.92. The maximum atomic E-state index is 12.5. The predicted molar refractivity (Wildman–Crippen MR) is 95.4 cm³/mol. The van der Waals surface area contributed by atoms with Crippen LogP contribution in [0.1, 0.15) is 29.8 Å². The summed E-state index contributed by atoms with van der Waals surface area (Å²) in [7, 11) is -3.78. The third-order valence-electron chi connectivity index (χ3n) is 4.18. The van der Waals surface area contributed by atoms with E-state index in [2.05, 4.69) is 4.72 Å². The fourth-order valence-electron chi connectivity index (χ4n) is 2.85. The Hall–Kier alpha value is -2.67. The van der Waals surface area contributed by atoms with Crippen molar-refractivity contribution in [1.29, 1.82) is 0 Å². The Balaban J connectivity index is 1.88. The van der Waals surface area contributed by atoms with Gasteiger partial charge >= 0.3 is 0 Å². The number of nitrogens with one attached hydrogen (secondary N) is 1. The first-order valence-electron chi connectivity index (χ1n) is 7.83. The Labute approximate surface area is 146 Å². The second-order valence-electron chi connectivity index (χ2n) is 5.95. The highest BCUT2D eigenvalue weighted by Crippen LogP contribution is 2.31. The zero-order valence-corrected chi connectivity index (χ0v) is 14.8. The number of rotatable bonds is 4. The van der Waals surface area contributed by atoms with Crippen molar-refractivity contribution in [1.82, 2.24) is 0 Å². The van der Waals surface area contributed by atoms with E-state index in [-0.39, 0.29) is 16.6 Å². The number of amides is 1. The predicted octanol–water partition coefficient (Wildman–Crippen LogP) is 2.60. The molecule has 1 heterocycles. The highest BCUT2D eigenvalue weighted by atomic mass is 32.2. The van der Waals surface area contributed by atoms with E-state index in [0.717, 1.165) is 17.7 Å². The van der Waals surface area contributed by atoms with Crippen LogP contribution in [0.2, 0.25) is 0 Å². The van der Waals surface area contributed by atoms with Crippen molar-refractivity contribution < 1.29 is 18.0 Å². The molecule has 1 aliphatic heterocycles. The van der Waals surface area contributed by atoms with Crippen molar-refractivity contribution in [3.8, 4) is 0 Å². The second kappa shape index (κ2) is 6.33. The van der Waals surface area contributed by atoms with Crippen LogP contribution in [-0.2, 0) is 21.2 Å². The van der Waals surface area contributed by atoms with Crippen LogP contribution in [0, 0.1) is 0 Å². The average molecular weight is 358 g/mol. The number of benzene rings is 2. The lowest BCUT2D eigenvalue weighted by atomic mass is 10.1. The molecule has 0 unspecified atom stereocenters. The first kappa shape index (κ1) is 17.2. The van der Waals surface area contributed by atoms with Gasteiger partial charge in [0.1, 0.15) is 0 Å². The van der Waals surface area contributed by atoms with Crippen LogP contribution in [0.4, 0.5) is 11.4 Å². The van der Waals surface area contributed by atoms with Crippen LogP contribution in [0.15, 0.2) is 47.4 Å². The van der Waals surface area contributed by atoms with Crippen molar-refractivity contribution in [2.24, 2.45) is 0 Å². The molecule has 0 atom stereocenters. The Bertz CT molecular complexity index is 950. The molecule has 0 spiro atoms. The maximum absolute atomic E-state index is 12.5. The third kappa shape index (κ3) is 3.41. The van der Waals surface area contributed by atoms with Crippen molar-refractivity contribution in [2.45, 2.75) is 25.2 Å². The zero-order chi connectivity index (χ0) is 18.2. The van der Waals surface area contributed by atoms with Crippen LogP contribution in [-0.4, -0.2) is 26.7 Å². The molecule has 25 heavy (non-hydrogen) atoms. The van der Waals surface area contributed by atoms with Gasteiger partial charge in [0.2, 0.25) is 5.91 Å². The molecule has 0 aliphatic carbocycles. The molecular formula is C18H18N2O4S.